The highest BCUT2D eigenvalue weighted by atomic mass is 19.4. The molecular weight excluding hydrogens is 323 g/mol. The van der Waals surface area contributed by atoms with Gasteiger partial charge in [0, 0.05) is 6.54 Å². The van der Waals surface area contributed by atoms with Crippen molar-refractivity contribution in [3.05, 3.63) is 47.7 Å². The lowest BCUT2D eigenvalue weighted by Gasteiger charge is -2.25. The zero-order valence-corrected chi connectivity index (χ0v) is 12.9. The van der Waals surface area contributed by atoms with E-state index in [9.17, 15) is 18.3 Å². The molecule has 24 heavy (non-hydrogen) atoms. The van der Waals surface area contributed by atoms with Crippen LogP contribution in [0.2, 0.25) is 0 Å². The summed E-state index contributed by atoms with van der Waals surface area (Å²) in [7, 11) is 1.56. The molecule has 0 bridgehead atoms. The van der Waals surface area contributed by atoms with Gasteiger partial charge in [-0.1, -0.05) is 12.1 Å². The van der Waals surface area contributed by atoms with Crippen molar-refractivity contribution in [1.82, 2.24) is 10.2 Å². The van der Waals surface area contributed by atoms with Crippen molar-refractivity contribution in [2.75, 3.05) is 18.6 Å². The molecule has 1 aromatic carbocycles. The number of hydrogen-bond acceptors (Lipinski definition) is 5. The van der Waals surface area contributed by atoms with E-state index in [1.54, 1.807) is 18.1 Å². The molecule has 1 N–H and O–H groups in total. The molecule has 2 heterocycles. The first-order chi connectivity index (χ1) is 11.4. The molecule has 0 aliphatic carbocycles. The lowest BCUT2D eigenvalue weighted by Crippen LogP contribution is -2.26. The van der Waals surface area contributed by atoms with Crippen LogP contribution in [0.3, 0.4) is 0 Å². The number of hydrogen-bond donors (Lipinski definition) is 1. The summed E-state index contributed by atoms with van der Waals surface area (Å²) >= 11 is 0. The lowest BCUT2D eigenvalue weighted by atomic mass is 10.0. The summed E-state index contributed by atoms with van der Waals surface area (Å²) in [5.74, 6) is 0.972. The van der Waals surface area contributed by atoms with Crippen LogP contribution in [0.15, 0.2) is 36.4 Å². The van der Waals surface area contributed by atoms with Gasteiger partial charge in [-0.05, 0) is 36.2 Å². The summed E-state index contributed by atoms with van der Waals surface area (Å²) < 4.78 is 43.0. The number of β-amino-alcohol motifs (C(OH)–C–C–N with tert-alkyl or cyclic N) is 1. The van der Waals surface area contributed by atoms with Crippen molar-refractivity contribution in [2.45, 2.75) is 24.7 Å². The fraction of sp³-hybridized carbons (Fsp3) is 0.375. The SMILES string of the molecule is COc1cccc([C@H]2C[C@@H](O)CN2c2ccc(C(F)(F)F)nn2)c1. The molecule has 5 nitrogen and oxygen atoms in total. The smallest absolute Gasteiger partial charge is 0.435 e. The number of methoxy groups -OCH3 is 1. The first kappa shape index (κ1) is 16.5. The van der Waals surface area contributed by atoms with Gasteiger partial charge in [0.05, 0.1) is 19.3 Å². The van der Waals surface area contributed by atoms with Gasteiger partial charge >= 0.3 is 6.18 Å². The van der Waals surface area contributed by atoms with Crippen LogP contribution in [-0.4, -0.2) is 35.1 Å². The van der Waals surface area contributed by atoms with E-state index < -0.39 is 18.0 Å². The van der Waals surface area contributed by atoms with E-state index in [0.717, 1.165) is 11.6 Å². The van der Waals surface area contributed by atoms with Gasteiger partial charge in [0.15, 0.2) is 11.5 Å². The first-order valence-electron chi connectivity index (χ1n) is 7.38. The van der Waals surface area contributed by atoms with Crippen LogP contribution >= 0.6 is 0 Å². The summed E-state index contributed by atoms with van der Waals surface area (Å²) in [6.45, 7) is 0.280. The Kier molecular flexibility index (Phi) is 4.31. The van der Waals surface area contributed by atoms with Crippen LogP contribution in [0.5, 0.6) is 5.75 Å². The normalized spacial score (nSPS) is 21.1. The number of halogens is 3. The van der Waals surface area contributed by atoms with E-state index in [-0.39, 0.29) is 12.6 Å². The number of benzene rings is 1. The highest BCUT2D eigenvalue weighted by Crippen LogP contribution is 2.37. The van der Waals surface area contributed by atoms with Gasteiger partial charge in [-0.3, -0.25) is 0 Å². The number of aromatic nitrogens is 2. The number of aliphatic hydroxyl groups is 1. The Hall–Kier alpha value is -2.35. The Bertz CT molecular complexity index is 706. The van der Waals surface area contributed by atoms with Crippen molar-refractivity contribution in [1.29, 1.82) is 0 Å². The van der Waals surface area contributed by atoms with Gasteiger partial charge in [-0.2, -0.15) is 13.2 Å². The van der Waals surface area contributed by atoms with Gasteiger partial charge in [-0.25, -0.2) is 0 Å². The van der Waals surface area contributed by atoms with Gasteiger partial charge in [-0.15, -0.1) is 10.2 Å². The molecule has 0 saturated carbocycles. The molecule has 0 spiro atoms. The second kappa shape index (κ2) is 6.27. The molecular formula is C16H16F3N3O2. The molecule has 0 unspecified atom stereocenters. The predicted molar refractivity (Wildman–Crippen MR) is 80.7 cm³/mol. The highest BCUT2D eigenvalue weighted by Gasteiger charge is 2.36. The molecule has 8 heteroatoms. The molecule has 0 amide bonds. The monoisotopic (exact) mass is 339 g/mol. The molecule has 128 valence electrons. The molecule has 1 aliphatic heterocycles. The largest absolute Gasteiger partial charge is 0.497 e. The summed E-state index contributed by atoms with van der Waals surface area (Å²) in [6, 6.07) is 9.33. The van der Waals surface area contributed by atoms with Crippen molar-refractivity contribution < 1.29 is 23.0 Å². The molecule has 2 aromatic rings. The minimum absolute atomic E-state index is 0.207. The minimum atomic E-state index is -4.53. The second-order valence-electron chi connectivity index (χ2n) is 5.61. The van der Waals surface area contributed by atoms with Crippen LogP contribution in [0.25, 0.3) is 0 Å². The van der Waals surface area contributed by atoms with Crippen LogP contribution in [0.4, 0.5) is 19.0 Å². The number of anilines is 1. The number of rotatable bonds is 3. The number of ether oxygens (including phenoxy) is 1. The van der Waals surface area contributed by atoms with Gasteiger partial charge < -0.3 is 14.7 Å². The van der Waals surface area contributed by atoms with Crippen LogP contribution in [0.1, 0.15) is 23.7 Å². The quantitative estimate of drug-likeness (QED) is 0.932. The van der Waals surface area contributed by atoms with Crippen molar-refractivity contribution in [3.63, 3.8) is 0 Å². The fourth-order valence-corrected chi connectivity index (χ4v) is 2.86. The van der Waals surface area contributed by atoms with Gasteiger partial charge in [0.1, 0.15) is 5.75 Å². The molecule has 0 radical (unpaired) electrons. The molecule has 1 fully saturated rings. The summed E-state index contributed by atoms with van der Waals surface area (Å²) in [5, 5.41) is 17.0. The third kappa shape index (κ3) is 3.28. The maximum Gasteiger partial charge on any atom is 0.435 e. The van der Waals surface area contributed by atoms with Gasteiger partial charge in [0.2, 0.25) is 0 Å². The average molecular weight is 339 g/mol. The minimum Gasteiger partial charge on any atom is -0.497 e. The lowest BCUT2D eigenvalue weighted by molar-refractivity contribution is -0.141. The van der Waals surface area contributed by atoms with Crippen molar-refractivity contribution in [3.8, 4) is 5.75 Å². The molecule has 2 atom stereocenters. The molecule has 1 aliphatic rings. The Labute approximate surface area is 136 Å². The summed E-state index contributed by atoms with van der Waals surface area (Å²) in [5.41, 5.74) is -0.142. The van der Waals surface area contributed by atoms with E-state index in [0.29, 0.717) is 18.0 Å². The molecule has 1 aromatic heterocycles. The Balaban J connectivity index is 1.90. The number of alkyl halides is 3. The Morgan fingerprint density at radius 3 is 2.62 bits per heavy atom. The predicted octanol–water partition coefficient (Wildman–Crippen LogP) is 2.82. The first-order valence-corrected chi connectivity index (χ1v) is 7.38. The molecule has 3 rings (SSSR count). The number of nitrogens with zero attached hydrogens (tertiary/aromatic N) is 3. The topological polar surface area (TPSA) is 58.5 Å². The number of aliphatic hydroxyl groups excluding tert-OH is 1. The molecule has 1 saturated heterocycles. The fourth-order valence-electron chi connectivity index (χ4n) is 2.86. The average Bonchev–Trinajstić information content (AvgIpc) is 2.96. The van der Waals surface area contributed by atoms with Crippen molar-refractivity contribution >= 4 is 5.82 Å². The maximum atomic E-state index is 12.6. The third-order valence-electron chi connectivity index (χ3n) is 3.99. The standard InChI is InChI=1S/C16H16F3N3O2/c1-24-12-4-2-3-10(7-12)13-8-11(23)9-22(13)15-6-5-14(20-21-15)16(17,18)19/h2-7,11,13,23H,8-9H2,1H3/t11-,13-/m1/s1. The third-order valence-corrected chi connectivity index (χ3v) is 3.99. The van der Waals surface area contributed by atoms with E-state index in [2.05, 4.69) is 10.2 Å². The van der Waals surface area contributed by atoms with Gasteiger partial charge in [0.25, 0.3) is 0 Å². The second-order valence-corrected chi connectivity index (χ2v) is 5.61. The zero-order chi connectivity index (χ0) is 17.3. The van der Waals surface area contributed by atoms with E-state index in [1.807, 2.05) is 18.2 Å². The highest BCUT2D eigenvalue weighted by molar-refractivity contribution is 5.45. The summed E-state index contributed by atoms with van der Waals surface area (Å²) in [6.07, 6.45) is -4.66. The maximum absolute atomic E-state index is 12.6. The van der Waals surface area contributed by atoms with Crippen LogP contribution in [0, 0.1) is 0 Å². The van der Waals surface area contributed by atoms with Crippen LogP contribution in [-0.2, 0) is 6.18 Å². The Morgan fingerprint density at radius 1 is 1.21 bits per heavy atom. The van der Waals surface area contributed by atoms with E-state index in [1.165, 1.54) is 6.07 Å². The van der Waals surface area contributed by atoms with Crippen molar-refractivity contribution in [2.24, 2.45) is 0 Å². The van der Waals surface area contributed by atoms with E-state index >= 15 is 0 Å². The van der Waals surface area contributed by atoms with Crippen LogP contribution < -0.4 is 9.64 Å². The van der Waals surface area contributed by atoms with E-state index in [4.69, 9.17) is 4.74 Å². The Morgan fingerprint density at radius 2 is 2.00 bits per heavy atom. The summed E-state index contributed by atoms with van der Waals surface area (Å²) in [4.78, 5) is 1.76. The zero-order valence-electron chi connectivity index (χ0n) is 12.9.